The minimum atomic E-state index is -1.17. The molecular weight excluding hydrogens is 312 g/mol. The summed E-state index contributed by atoms with van der Waals surface area (Å²) in [6.45, 7) is 4.11. The number of aryl methyl sites for hydroxylation is 2. The van der Waals surface area contributed by atoms with E-state index in [1.54, 1.807) is 5.38 Å². The van der Waals surface area contributed by atoms with Crippen LogP contribution in [0, 0.1) is 0 Å². The number of carboxylic acid groups (broad SMARTS) is 1. The van der Waals surface area contributed by atoms with Gasteiger partial charge in [0.05, 0.1) is 12.1 Å². The Bertz CT molecular complexity index is 687. The van der Waals surface area contributed by atoms with E-state index in [0.29, 0.717) is 10.7 Å². The number of aliphatic carboxylic acids is 1. The van der Waals surface area contributed by atoms with Gasteiger partial charge in [0.1, 0.15) is 5.01 Å². The third kappa shape index (κ3) is 4.63. The Morgan fingerprint density at radius 1 is 1.17 bits per heavy atom. The van der Waals surface area contributed by atoms with Crippen molar-refractivity contribution in [1.29, 1.82) is 0 Å². The Hall–Kier alpha value is -2.21. The van der Waals surface area contributed by atoms with Gasteiger partial charge >= 0.3 is 0 Å². The summed E-state index contributed by atoms with van der Waals surface area (Å²) in [4.78, 5) is 27.0. The number of thiazole rings is 1. The summed E-state index contributed by atoms with van der Waals surface area (Å²) in [7, 11) is 0. The quantitative estimate of drug-likeness (QED) is 0.838. The Balaban J connectivity index is 2.08. The molecule has 0 atom stereocenters. The lowest BCUT2D eigenvalue weighted by Gasteiger charge is -2.14. The lowest BCUT2D eigenvalue weighted by atomic mass is 10.0. The molecule has 2 rings (SSSR count). The number of carbonyl (C=O) groups excluding carboxylic acids is 2. The Kier molecular flexibility index (Phi) is 5.87. The minimum Gasteiger partial charge on any atom is -0.550 e. The van der Waals surface area contributed by atoms with Gasteiger partial charge in [0, 0.05) is 23.5 Å². The largest absolute Gasteiger partial charge is 0.550 e. The number of anilines is 1. The highest BCUT2D eigenvalue weighted by Crippen LogP contribution is 2.23. The van der Waals surface area contributed by atoms with E-state index in [4.69, 9.17) is 0 Å². The first-order valence-corrected chi connectivity index (χ1v) is 8.45. The topological polar surface area (TPSA) is 82.1 Å². The van der Waals surface area contributed by atoms with Gasteiger partial charge in [-0.3, -0.25) is 4.79 Å². The molecule has 6 heteroatoms. The number of hydrogen-bond donors (Lipinski definition) is 1. The summed E-state index contributed by atoms with van der Waals surface area (Å²) in [5.41, 5.74) is 3.53. The van der Waals surface area contributed by atoms with E-state index >= 15 is 0 Å². The first-order valence-electron chi connectivity index (χ1n) is 7.57. The molecule has 122 valence electrons. The number of nitrogens with one attached hydrogen (secondary N) is 1. The molecule has 0 saturated heterocycles. The average Bonchev–Trinajstić information content (AvgIpc) is 2.93. The molecule has 5 nitrogen and oxygen atoms in total. The highest BCUT2D eigenvalue weighted by Gasteiger charge is 2.12. The lowest BCUT2D eigenvalue weighted by molar-refractivity contribution is -0.304. The molecule has 1 aromatic heterocycles. The molecule has 1 amide bonds. The molecule has 2 aromatic rings. The second kappa shape index (κ2) is 7.87. The monoisotopic (exact) mass is 331 g/mol. The zero-order chi connectivity index (χ0) is 16.8. The molecule has 1 aromatic carbocycles. The molecule has 0 aliphatic rings. The van der Waals surface area contributed by atoms with Crippen molar-refractivity contribution in [1.82, 2.24) is 4.98 Å². The number of carboxylic acids is 1. The van der Waals surface area contributed by atoms with Crippen LogP contribution >= 0.6 is 11.3 Å². The Morgan fingerprint density at radius 3 is 2.39 bits per heavy atom. The molecule has 0 aliphatic heterocycles. The van der Waals surface area contributed by atoms with Crippen molar-refractivity contribution in [2.75, 3.05) is 5.32 Å². The number of hydrogen-bond acceptors (Lipinski definition) is 5. The van der Waals surface area contributed by atoms with Gasteiger partial charge in [-0.05, 0) is 24.0 Å². The number of benzene rings is 1. The van der Waals surface area contributed by atoms with Crippen LogP contribution in [0.1, 0.15) is 35.7 Å². The van der Waals surface area contributed by atoms with Crippen LogP contribution in [0.2, 0.25) is 0 Å². The number of carbonyl (C=O) groups is 2. The van der Waals surface area contributed by atoms with E-state index in [2.05, 4.69) is 24.1 Å². The van der Waals surface area contributed by atoms with Crippen molar-refractivity contribution in [3.63, 3.8) is 0 Å². The molecule has 23 heavy (non-hydrogen) atoms. The smallest absolute Gasteiger partial charge is 0.231 e. The summed E-state index contributed by atoms with van der Waals surface area (Å²) >= 11 is 1.29. The van der Waals surface area contributed by atoms with Gasteiger partial charge in [0.15, 0.2) is 0 Å². The first kappa shape index (κ1) is 17.1. The molecule has 0 fully saturated rings. The zero-order valence-corrected chi connectivity index (χ0v) is 14.0. The van der Waals surface area contributed by atoms with E-state index in [1.165, 1.54) is 11.3 Å². The predicted molar refractivity (Wildman–Crippen MR) is 88.4 cm³/mol. The van der Waals surface area contributed by atoms with Crippen LogP contribution in [0.3, 0.4) is 0 Å². The predicted octanol–water partition coefficient (Wildman–Crippen LogP) is 1.74. The second-order valence-corrected chi connectivity index (χ2v) is 6.11. The Morgan fingerprint density at radius 2 is 1.83 bits per heavy atom. The molecular formula is C17H19N2O3S-. The van der Waals surface area contributed by atoms with Crippen molar-refractivity contribution in [2.45, 2.75) is 39.5 Å². The molecule has 0 radical (unpaired) electrons. The fourth-order valence-corrected chi connectivity index (χ4v) is 3.18. The summed E-state index contributed by atoms with van der Waals surface area (Å²) < 4.78 is 0. The van der Waals surface area contributed by atoms with Gasteiger partial charge in [-0.2, -0.15) is 0 Å². The zero-order valence-electron chi connectivity index (χ0n) is 13.2. The first-order chi connectivity index (χ1) is 11.0. The normalized spacial score (nSPS) is 10.5. The number of rotatable bonds is 7. The fourth-order valence-electron chi connectivity index (χ4n) is 2.38. The van der Waals surface area contributed by atoms with Crippen molar-refractivity contribution < 1.29 is 14.7 Å². The summed E-state index contributed by atoms with van der Waals surface area (Å²) in [6.07, 6.45) is 1.60. The highest BCUT2D eigenvalue weighted by atomic mass is 32.1. The third-order valence-electron chi connectivity index (χ3n) is 3.50. The van der Waals surface area contributed by atoms with Crippen LogP contribution in [0.4, 0.5) is 5.69 Å². The summed E-state index contributed by atoms with van der Waals surface area (Å²) in [5, 5.41) is 15.8. The van der Waals surface area contributed by atoms with Crippen LogP contribution in [0.15, 0.2) is 23.6 Å². The number of aromatic nitrogens is 1. The van der Waals surface area contributed by atoms with Crippen molar-refractivity contribution in [2.24, 2.45) is 0 Å². The molecule has 0 unspecified atom stereocenters. The fraction of sp³-hybridized carbons (Fsp3) is 0.353. The molecule has 1 heterocycles. The number of para-hydroxylation sites is 1. The van der Waals surface area contributed by atoms with Gasteiger partial charge < -0.3 is 15.2 Å². The van der Waals surface area contributed by atoms with Crippen LogP contribution < -0.4 is 10.4 Å². The van der Waals surface area contributed by atoms with Crippen molar-refractivity contribution in [3.8, 4) is 0 Å². The summed E-state index contributed by atoms with van der Waals surface area (Å²) in [6, 6.07) is 6.02. The Labute approximate surface area is 139 Å². The van der Waals surface area contributed by atoms with E-state index < -0.39 is 5.97 Å². The lowest BCUT2D eigenvalue weighted by Crippen LogP contribution is -2.24. The standard InChI is InChI=1S/C17H20N2O3S/c1-3-11-6-5-7-12(4-2)17(11)19-14(20)9-15-18-13(10-23-15)8-16(21)22/h5-7,10H,3-4,8-9H2,1-2H3,(H,19,20)(H,21,22)/p-1. The van der Waals surface area contributed by atoms with Crippen LogP contribution in [0.5, 0.6) is 0 Å². The SMILES string of the molecule is CCc1cccc(CC)c1NC(=O)Cc1nc(CC(=O)[O-])cs1. The average molecular weight is 331 g/mol. The second-order valence-electron chi connectivity index (χ2n) is 5.16. The van der Waals surface area contributed by atoms with Crippen molar-refractivity contribution >= 4 is 28.9 Å². The van der Waals surface area contributed by atoms with E-state index in [1.807, 2.05) is 18.2 Å². The highest BCUT2D eigenvalue weighted by molar-refractivity contribution is 7.09. The maximum absolute atomic E-state index is 12.3. The minimum absolute atomic E-state index is 0.138. The van der Waals surface area contributed by atoms with Crippen LogP contribution in [-0.2, 0) is 35.3 Å². The van der Waals surface area contributed by atoms with Crippen LogP contribution in [0.25, 0.3) is 0 Å². The summed E-state index contributed by atoms with van der Waals surface area (Å²) in [5.74, 6) is -1.31. The van der Waals surface area contributed by atoms with E-state index in [0.717, 1.165) is 29.7 Å². The molecule has 0 aliphatic carbocycles. The molecule has 1 N–H and O–H groups in total. The van der Waals surface area contributed by atoms with Crippen LogP contribution in [-0.4, -0.2) is 16.9 Å². The van der Waals surface area contributed by atoms with E-state index in [-0.39, 0.29) is 18.7 Å². The molecule has 0 spiro atoms. The number of nitrogens with zero attached hydrogens (tertiary/aromatic N) is 1. The van der Waals surface area contributed by atoms with Gasteiger partial charge in [0.2, 0.25) is 5.91 Å². The molecule has 0 saturated carbocycles. The maximum atomic E-state index is 12.3. The third-order valence-corrected chi connectivity index (χ3v) is 4.40. The van der Waals surface area contributed by atoms with E-state index in [9.17, 15) is 14.7 Å². The van der Waals surface area contributed by atoms with Crippen molar-refractivity contribution in [3.05, 3.63) is 45.4 Å². The van der Waals surface area contributed by atoms with Gasteiger partial charge in [-0.15, -0.1) is 11.3 Å². The van der Waals surface area contributed by atoms with Gasteiger partial charge in [-0.25, -0.2) is 4.98 Å². The molecule has 0 bridgehead atoms. The van der Waals surface area contributed by atoms with Gasteiger partial charge in [0.25, 0.3) is 0 Å². The maximum Gasteiger partial charge on any atom is 0.231 e. The van der Waals surface area contributed by atoms with Gasteiger partial charge in [-0.1, -0.05) is 32.0 Å². The number of amides is 1.